The molecule has 0 radical (unpaired) electrons. The molecule has 18 heavy (non-hydrogen) atoms. The minimum absolute atomic E-state index is 0.395. The molecular weight excluding hydrogens is 244 g/mol. The first kappa shape index (κ1) is 11.6. The van der Waals surface area contributed by atoms with E-state index in [0.29, 0.717) is 0 Å². The fraction of sp³-hybridized carbons (Fsp3) is 0.200. The second kappa shape index (κ2) is 4.67. The molecule has 0 bridgehead atoms. The van der Waals surface area contributed by atoms with Crippen molar-refractivity contribution in [1.29, 1.82) is 0 Å². The maximum absolute atomic E-state index is 9.88. The van der Waals surface area contributed by atoms with Crippen LogP contribution >= 0.6 is 11.8 Å². The number of benzene rings is 2. The van der Waals surface area contributed by atoms with Crippen molar-refractivity contribution in [3.63, 3.8) is 0 Å². The summed E-state index contributed by atoms with van der Waals surface area (Å²) in [6.07, 6.45) is 0.328. The summed E-state index contributed by atoms with van der Waals surface area (Å²) in [7, 11) is 0. The molecule has 3 heteroatoms. The maximum atomic E-state index is 9.88. The first-order valence-corrected chi connectivity index (χ1v) is 6.86. The van der Waals surface area contributed by atoms with Crippen molar-refractivity contribution in [3.8, 4) is 11.5 Å². The minimum Gasteiger partial charge on any atom is -0.455 e. The van der Waals surface area contributed by atoms with E-state index < -0.39 is 6.10 Å². The minimum atomic E-state index is -0.395. The van der Waals surface area contributed by atoms with Crippen LogP contribution in [-0.4, -0.2) is 5.11 Å². The molecule has 1 heterocycles. The second-order valence-corrected chi connectivity index (χ2v) is 5.36. The van der Waals surface area contributed by atoms with E-state index in [2.05, 4.69) is 0 Å². The number of aliphatic hydroxyl groups excluding tert-OH is 1. The lowest BCUT2D eigenvalue weighted by Crippen LogP contribution is -1.99. The molecule has 92 valence electrons. The molecule has 2 aromatic rings. The average Bonchev–Trinajstić information content (AvgIpc) is 2.43. The van der Waals surface area contributed by atoms with Gasteiger partial charge in [-0.15, -0.1) is 0 Å². The van der Waals surface area contributed by atoms with Gasteiger partial charge in [-0.3, -0.25) is 0 Å². The van der Waals surface area contributed by atoms with Crippen molar-refractivity contribution >= 4 is 11.8 Å². The van der Waals surface area contributed by atoms with Gasteiger partial charge in [0.1, 0.15) is 11.5 Å². The highest BCUT2D eigenvalue weighted by Gasteiger charge is 2.18. The second-order valence-electron chi connectivity index (χ2n) is 4.28. The zero-order valence-corrected chi connectivity index (χ0v) is 10.9. The summed E-state index contributed by atoms with van der Waals surface area (Å²) in [4.78, 5) is 2.19. The van der Waals surface area contributed by atoms with Gasteiger partial charge in [-0.1, -0.05) is 36.9 Å². The molecule has 2 nitrogen and oxygen atoms in total. The number of hydrogen-bond donors (Lipinski definition) is 1. The average molecular weight is 258 g/mol. The maximum Gasteiger partial charge on any atom is 0.141 e. The van der Waals surface area contributed by atoms with Crippen molar-refractivity contribution in [2.45, 2.75) is 29.2 Å². The lowest BCUT2D eigenvalue weighted by Gasteiger charge is -2.20. The van der Waals surface area contributed by atoms with Gasteiger partial charge in [0.05, 0.1) is 15.9 Å². The monoisotopic (exact) mass is 258 g/mol. The van der Waals surface area contributed by atoms with Crippen molar-refractivity contribution in [3.05, 3.63) is 48.0 Å². The summed E-state index contributed by atoms with van der Waals surface area (Å²) in [5, 5.41) is 9.88. The third-order valence-corrected chi connectivity index (χ3v) is 4.12. The van der Waals surface area contributed by atoms with Gasteiger partial charge in [0, 0.05) is 0 Å². The van der Waals surface area contributed by atoms with Crippen LogP contribution < -0.4 is 4.74 Å². The van der Waals surface area contributed by atoms with Gasteiger partial charge in [0.2, 0.25) is 0 Å². The quantitative estimate of drug-likeness (QED) is 0.739. The highest BCUT2D eigenvalue weighted by Crippen LogP contribution is 2.47. The van der Waals surface area contributed by atoms with E-state index >= 15 is 0 Å². The molecule has 2 aromatic carbocycles. The van der Waals surface area contributed by atoms with Crippen LogP contribution in [0.3, 0.4) is 0 Å². The number of para-hydroxylation sites is 1. The predicted molar refractivity (Wildman–Crippen MR) is 72.3 cm³/mol. The molecule has 1 aliphatic heterocycles. The van der Waals surface area contributed by atoms with Gasteiger partial charge in [0.15, 0.2) is 0 Å². The Hall–Kier alpha value is -1.45. The SMILES string of the molecule is CC[C@@H](O)c1ccc2c(c1)Sc1ccccc1O2. The Kier molecular flexibility index (Phi) is 3.02. The Morgan fingerprint density at radius 3 is 2.72 bits per heavy atom. The van der Waals surface area contributed by atoms with Crippen molar-refractivity contribution in [1.82, 2.24) is 0 Å². The Morgan fingerprint density at radius 2 is 1.89 bits per heavy atom. The first-order chi connectivity index (χ1) is 8.78. The number of rotatable bonds is 2. The van der Waals surface area contributed by atoms with Crippen LogP contribution in [0.4, 0.5) is 0 Å². The Balaban J connectivity index is 1.98. The van der Waals surface area contributed by atoms with Crippen LogP contribution in [0.1, 0.15) is 25.0 Å². The number of ether oxygens (including phenoxy) is 1. The summed E-state index contributed by atoms with van der Waals surface area (Å²) in [5.41, 5.74) is 0.951. The molecule has 1 N–H and O–H groups in total. The summed E-state index contributed by atoms with van der Waals surface area (Å²) < 4.78 is 5.84. The van der Waals surface area contributed by atoms with Gasteiger partial charge < -0.3 is 9.84 Å². The van der Waals surface area contributed by atoms with Gasteiger partial charge in [-0.05, 0) is 36.2 Å². The summed E-state index contributed by atoms with van der Waals surface area (Å²) in [6, 6.07) is 13.9. The van der Waals surface area contributed by atoms with Crippen LogP contribution in [0, 0.1) is 0 Å². The zero-order chi connectivity index (χ0) is 12.5. The summed E-state index contributed by atoms with van der Waals surface area (Å²) in [5.74, 6) is 1.77. The highest BCUT2D eigenvalue weighted by molar-refractivity contribution is 7.99. The largest absolute Gasteiger partial charge is 0.455 e. The first-order valence-electron chi connectivity index (χ1n) is 6.04. The fourth-order valence-corrected chi connectivity index (χ4v) is 2.99. The lowest BCUT2D eigenvalue weighted by molar-refractivity contribution is 0.173. The van der Waals surface area contributed by atoms with E-state index in [1.165, 1.54) is 0 Å². The lowest BCUT2D eigenvalue weighted by atomic mass is 10.1. The Bertz CT molecular complexity index is 580. The predicted octanol–water partition coefficient (Wildman–Crippen LogP) is 4.39. The van der Waals surface area contributed by atoms with Gasteiger partial charge in [-0.25, -0.2) is 0 Å². The van der Waals surface area contributed by atoms with E-state index in [-0.39, 0.29) is 0 Å². The zero-order valence-electron chi connectivity index (χ0n) is 10.1. The van der Waals surface area contributed by atoms with Crippen LogP contribution in [0.25, 0.3) is 0 Å². The normalized spacial score (nSPS) is 14.3. The van der Waals surface area contributed by atoms with E-state index in [4.69, 9.17) is 4.74 Å². The molecule has 0 aromatic heterocycles. The number of hydrogen-bond acceptors (Lipinski definition) is 3. The molecule has 0 unspecified atom stereocenters. The Labute approximate surface area is 111 Å². The standard InChI is InChI=1S/C15H14O2S/c1-2-11(16)10-7-8-13-15(9-10)18-14-6-4-3-5-12(14)17-13/h3-9,11,16H,2H2,1H3/t11-/m1/s1. The van der Waals surface area contributed by atoms with Crippen LogP contribution in [0.5, 0.6) is 11.5 Å². The molecule has 0 saturated heterocycles. The topological polar surface area (TPSA) is 29.5 Å². The third-order valence-electron chi connectivity index (χ3n) is 3.03. The summed E-state index contributed by atoms with van der Waals surface area (Å²) >= 11 is 1.69. The fourth-order valence-electron chi connectivity index (χ4n) is 1.99. The van der Waals surface area contributed by atoms with E-state index in [0.717, 1.165) is 33.3 Å². The van der Waals surface area contributed by atoms with Gasteiger partial charge in [0.25, 0.3) is 0 Å². The number of fused-ring (bicyclic) bond motifs is 2. The van der Waals surface area contributed by atoms with Gasteiger partial charge >= 0.3 is 0 Å². The number of aliphatic hydroxyl groups is 1. The van der Waals surface area contributed by atoms with E-state index in [1.807, 2.05) is 49.4 Å². The molecule has 0 aliphatic carbocycles. The highest BCUT2D eigenvalue weighted by atomic mass is 32.2. The molecular formula is C15H14O2S. The van der Waals surface area contributed by atoms with Crippen molar-refractivity contribution < 1.29 is 9.84 Å². The summed E-state index contributed by atoms with van der Waals surface area (Å²) in [6.45, 7) is 1.98. The Morgan fingerprint density at radius 1 is 1.11 bits per heavy atom. The van der Waals surface area contributed by atoms with Crippen molar-refractivity contribution in [2.75, 3.05) is 0 Å². The molecule has 1 atom stereocenters. The van der Waals surface area contributed by atoms with Crippen LogP contribution in [0.2, 0.25) is 0 Å². The van der Waals surface area contributed by atoms with Crippen molar-refractivity contribution in [2.24, 2.45) is 0 Å². The van der Waals surface area contributed by atoms with Crippen LogP contribution in [-0.2, 0) is 0 Å². The smallest absolute Gasteiger partial charge is 0.141 e. The molecule has 0 spiro atoms. The third kappa shape index (κ3) is 2.00. The molecule has 1 aliphatic rings. The van der Waals surface area contributed by atoms with E-state index in [1.54, 1.807) is 11.8 Å². The molecule has 0 saturated carbocycles. The molecule has 0 amide bonds. The van der Waals surface area contributed by atoms with Crippen LogP contribution in [0.15, 0.2) is 52.3 Å². The van der Waals surface area contributed by atoms with Gasteiger partial charge in [-0.2, -0.15) is 0 Å². The van der Waals surface area contributed by atoms with E-state index in [9.17, 15) is 5.11 Å². The molecule has 3 rings (SSSR count). The molecule has 0 fully saturated rings.